The fourth-order valence-corrected chi connectivity index (χ4v) is 1.21. The fourth-order valence-electron chi connectivity index (χ4n) is 1.21. The standard InChI is InChI=1S/C11H14N2O5/c12-13(9(6-14)10(15)16)11(17)18-7-8-4-2-1-3-5-8/h1-5,9,14H,6-7,12H2,(H,15,16)/t9-/m0/s1. The summed E-state index contributed by atoms with van der Waals surface area (Å²) in [4.78, 5) is 22.1. The lowest BCUT2D eigenvalue weighted by Crippen LogP contribution is -2.51. The van der Waals surface area contributed by atoms with Gasteiger partial charge in [-0.1, -0.05) is 30.3 Å². The molecule has 7 nitrogen and oxygen atoms in total. The normalized spacial score (nSPS) is 11.7. The first-order valence-corrected chi connectivity index (χ1v) is 5.14. The van der Waals surface area contributed by atoms with E-state index in [2.05, 4.69) is 0 Å². The number of aliphatic hydroxyl groups is 1. The average Bonchev–Trinajstić information content (AvgIpc) is 2.37. The molecule has 0 saturated carbocycles. The number of nitrogens with zero attached hydrogens (tertiary/aromatic N) is 1. The molecule has 0 fully saturated rings. The van der Waals surface area contributed by atoms with Gasteiger partial charge in [0.1, 0.15) is 6.61 Å². The molecule has 98 valence electrons. The molecule has 18 heavy (non-hydrogen) atoms. The number of carbonyl (C=O) groups is 2. The van der Waals surface area contributed by atoms with Gasteiger partial charge in [-0.25, -0.2) is 20.4 Å². The lowest BCUT2D eigenvalue weighted by atomic mass is 10.2. The molecule has 0 saturated heterocycles. The highest BCUT2D eigenvalue weighted by molar-refractivity contribution is 5.79. The van der Waals surface area contributed by atoms with Crippen molar-refractivity contribution in [2.24, 2.45) is 5.84 Å². The number of benzene rings is 1. The maximum Gasteiger partial charge on any atom is 0.425 e. The summed E-state index contributed by atoms with van der Waals surface area (Å²) in [7, 11) is 0. The van der Waals surface area contributed by atoms with Crippen molar-refractivity contribution < 1.29 is 24.5 Å². The number of ether oxygens (including phenoxy) is 1. The molecule has 7 heteroatoms. The fraction of sp³-hybridized carbons (Fsp3) is 0.273. The van der Waals surface area contributed by atoms with Crippen LogP contribution in [0.25, 0.3) is 0 Å². The highest BCUT2D eigenvalue weighted by Gasteiger charge is 2.27. The maximum atomic E-state index is 11.4. The lowest BCUT2D eigenvalue weighted by molar-refractivity contribution is -0.144. The van der Waals surface area contributed by atoms with Crippen molar-refractivity contribution in [3.63, 3.8) is 0 Å². The van der Waals surface area contributed by atoms with Gasteiger partial charge < -0.3 is 14.9 Å². The largest absolute Gasteiger partial charge is 0.480 e. The van der Waals surface area contributed by atoms with Crippen molar-refractivity contribution in [3.8, 4) is 0 Å². The van der Waals surface area contributed by atoms with E-state index in [1.807, 2.05) is 6.07 Å². The summed E-state index contributed by atoms with van der Waals surface area (Å²) in [5.74, 6) is 3.85. The molecule has 1 atom stereocenters. The summed E-state index contributed by atoms with van der Waals surface area (Å²) in [5, 5.41) is 17.8. The molecule has 4 N–H and O–H groups in total. The second-order valence-corrected chi connectivity index (χ2v) is 3.48. The van der Waals surface area contributed by atoms with Gasteiger partial charge in [0.25, 0.3) is 0 Å². The van der Waals surface area contributed by atoms with E-state index >= 15 is 0 Å². The molecule has 1 aromatic carbocycles. The molecule has 1 aromatic rings. The predicted molar refractivity (Wildman–Crippen MR) is 61.2 cm³/mol. The minimum absolute atomic E-state index is 0.0227. The van der Waals surface area contributed by atoms with Gasteiger partial charge in [0.15, 0.2) is 6.04 Å². The molecular weight excluding hydrogens is 240 g/mol. The van der Waals surface area contributed by atoms with Crippen LogP contribution in [0.3, 0.4) is 0 Å². The molecule has 0 aliphatic carbocycles. The minimum atomic E-state index is -1.52. The second kappa shape index (κ2) is 6.58. The number of aliphatic carboxylic acids is 1. The SMILES string of the molecule is NN(C(=O)OCc1ccccc1)[C@@H](CO)C(=O)O. The van der Waals surface area contributed by atoms with E-state index < -0.39 is 24.7 Å². The van der Waals surface area contributed by atoms with E-state index in [0.29, 0.717) is 5.01 Å². The Morgan fingerprint density at radius 3 is 2.44 bits per heavy atom. The molecule has 0 aliphatic rings. The Labute approximate surface area is 103 Å². The van der Waals surface area contributed by atoms with Crippen LogP contribution in [0.15, 0.2) is 30.3 Å². The molecule has 1 rings (SSSR count). The molecule has 0 spiro atoms. The van der Waals surface area contributed by atoms with E-state index in [4.69, 9.17) is 20.8 Å². The van der Waals surface area contributed by atoms with Crippen LogP contribution in [-0.4, -0.2) is 39.9 Å². The van der Waals surface area contributed by atoms with Crippen molar-refractivity contribution in [1.29, 1.82) is 0 Å². The van der Waals surface area contributed by atoms with Gasteiger partial charge in [-0.2, -0.15) is 0 Å². The number of aliphatic hydroxyl groups excluding tert-OH is 1. The lowest BCUT2D eigenvalue weighted by Gasteiger charge is -2.21. The summed E-state index contributed by atoms with van der Waals surface area (Å²) in [6.07, 6.45) is -1.01. The third-order valence-electron chi connectivity index (χ3n) is 2.21. The number of carboxylic acid groups (broad SMARTS) is 1. The number of hydrogen-bond donors (Lipinski definition) is 3. The first kappa shape index (κ1) is 13.9. The summed E-state index contributed by atoms with van der Waals surface area (Å²) in [5.41, 5.74) is 0.745. The van der Waals surface area contributed by atoms with Crippen LogP contribution in [0.5, 0.6) is 0 Å². The highest BCUT2D eigenvalue weighted by atomic mass is 16.6. The zero-order chi connectivity index (χ0) is 13.5. The molecule has 0 aliphatic heterocycles. The molecule has 0 radical (unpaired) electrons. The Morgan fingerprint density at radius 2 is 1.94 bits per heavy atom. The molecule has 0 heterocycles. The van der Waals surface area contributed by atoms with Crippen molar-refractivity contribution >= 4 is 12.1 Å². The summed E-state index contributed by atoms with van der Waals surface area (Å²) < 4.78 is 4.81. The Morgan fingerprint density at radius 1 is 1.33 bits per heavy atom. The number of amides is 1. The van der Waals surface area contributed by atoms with Crippen LogP contribution in [0.1, 0.15) is 5.56 Å². The van der Waals surface area contributed by atoms with Crippen LogP contribution in [0.2, 0.25) is 0 Å². The van der Waals surface area contributed by atoms with Gasteiger partial charge in [0.2, 0.25) is 0 Å². The summed E-state index contributed by atoms with van der Waals surface area (Å²) in [6.45, 7) is -0.808. The maximum absolute atomic E-state index is 11.4. The number of carboxylic acids is 1. The first-order chi connectivity index (χ1) is 8.56. The van der Waals surface area contributed by atoms with Gasteiger partial charge in [-0.15, -0.1) is 0 Å². The topological polar surface area (TPSA) is 113 Å². The van der Waals surface area contributed by atoms with Crippen LogP contribution in [0.4, 0.5) is 4.79 Å². The van der Waals surface area contributed by atoms with Gasteiger partial charge in [0, 0.05) is 0 Å². The van der Waals surface area contributed by atoms with Crippen LogP contribution in [-0.2, 0) is 16.1 Å². The second-order valence-electron chi connectivity index (χ2n) is 3.48. The van der Waals surface area contributed by atoms with Crippen LogP contribution >= 0.6 is 0 Å². The molecule has 1 amide bonds. The van der Waals surface area contributed by atoms with E-state index in [0.717, 1.165) is 5.56 Å². The summed E-state index contributed by atoms with van der Waals surface area (Å²) in [6, 6.07) is 7.33. The van der Waals surface area contributed by atoms with E-state index in [1.54, 1.807) is 24.3 Å². The van der Waals surface area contributed by atoms with Gasteiger partial charge in [-0.3, -0.25) is 0 Å². The molecule has 0 bridgehead atoms. The van der Waals surface area contributed by atoms with E-state index in [1.165, 1.54) is 0 Å². The van der Waals surface area contributed by atoms with Crippen molar-refractivity contribution in [2.45, 2.75) is 12.6 Å². The summed E-state index contributed by atoms with van der Waals surface area (Å²) >= 11 is 0. The number of hydrazine groups is 1. The van der Waals surface area contributed by atoms with E-state index in [9.17, 15) is 9.59 Å². The van der Waals surface area contributed by atoms with Crippen LogP contribution in [0, 0.1) is 0 Å². The van der Waals surface area contributed by atoms with Gasteiger partial charge >= 0.3 is 12.1 Å². The molecular formula is C11H14N2O5. The number of nitrogens with two attached hydrogens (primary N) is 1. The van der Waals surface area contributed by atoms with Crippen LogP contribution < -0.4 is 5.84 Å². The zero-order valence-electron chi connectivity index (χ0n) is 9.52. The van der Waals surface area contributed by atoms with Crippen molar-refractivity contribution in [3.05, 3.63) is 35.9 Å². The molecule has 0 aromatic heterocycles. The zero-order valence-corrected chi connectivity index (χ0v) is 9.52. The van der Waals surface area contributed by atoms with Crippen molar-refractivity contribution in [1.82, 2.24) is 5.01 Å². The minimum Gasteiger partial charge on any atom is -0.480 e. The Bertz CT molecular complexity index is 409. The Kier molecular flexibility index (Phi) is 5.09. The Hall–Kier alpha value is -2.12. The third kappa shape index (κ3) is 3.72. The monoisotopic (exact) mass is 254 g/mol. The quantitative estimate of drug-likeness (QED) is 0.385. The van der Waals surface area contributed by atoms with Crippen molar-refractivity contribution in [2.75, 3.05) is 6.61 Å². The smallest absolute Gasteiger partial charge is 0.425 e. The molecule has 0 unspecified atom stereocenters. The predicted octanol–water partition coefficient (Wildman–Crippen LogP) is -0.0556. The highest BCUT2D eigenvalue weighted by Crippen LogP contribution is 2.03. The van der Waals surface area contributed by atoms with Gasteiger partial charge in [0.05, 0.1) is 6.61 Å². The third-order valence-corrected chi connectivity index (χ3v) is 2.21. The first-order valence-electron chi connectivity index (χ1n) is 5.14. The number of hydrogen-bond acceptors (Lipinski definition) is 5. The van der Waals surface area contributed by atoms with Gasteiger partial charge in [-0.05, 0) is 5.56 Å². The van der Waals surface area contributed by atoms with E-state index in [-0.39, 0.29) is 6.61 Å². The number of rotatable bonds is 5. The average molecular weight is 254 g/mol. The number of carbonyl (C=O) groups excluding carboxylic acids is 1. The Balaban J connectivity index is 2.52.